The molecular formula is C21H17FN4OS. The number of carbonyl (C=O) groups is 1. The summed E-state index contributed by atoms with van der Waals surface area (Å²) in [6.45, 7) is 1.05. The van der Waals surface area contributed by atoms with Gasteiger partial charge in [-0.1, -0.05) is 18.2 Å². The summed E-state index contributed by atoms with van der Waals surface area (Å²) in [7, 11) is 1.61. The number of amides is 2. The first-order valence-corrected chi connectivity index (χ1v) is 8.93. The van der Waals surface area contributed by atoms with Crippen molar-refractivity contribution in [2.45, 2.75) is 24.5 Å². The molecule has 0 radical (unpaired) electrons. The smallest absolute Gasteiger partial charge is 0.315 e. The van der Waals surface area contributed by atoms with E-state index in [1.807, 2.05) is 6.07 Å². The first kappa shape index (κ1) is 19.5. The van der Waals surface area contributed by atoms with E-state index in [2.05, 4.69) is 18.7 Å². The third-order valence-corrected chi connectivity index (χ3v) is 5.16. The minimum Gasteiger partial charge on any atom is -0.315 e. The number of urea groups is 1. The molecule has 0 saturated carbocycles. The van der Waals surface area contributed by atoms with Crippen LogP contribution in [0.5, 0.6) is 0 Å². The lowest BCUT2D eigenvalue weighted by molar-refractivity contribution is 0.202. The van der Waals surface area contributed by atoms with Crippen molar-refractivity contribution in [1.29, 1.82) is 10.5 Å². The third-order valence-electron chi connectivity index (χ3n) is 4.78. The van der Waals surface area contributed by atoms with E-state index >= 15 is 0 Å². The van der Waals surface area contributed by atoms with Gasteiger partial charge >= 0.3 is 6.03 Å². The molecule has 0 N–H and O–H groups in total. The summed E-state index contributed by atoms with van der Waals surface area (Å²) in [5, 5.41) is 18.9. The number of alkyl halides is 1. The number of rotatable bonds is 3. The maximum absolute atomic E-state index is 13.2. The molecule has 0 bridgehead atoms. The van der Waals surface area contributed by atoms with E-state index in [1.165, 1.54) is 9.80 Å². The third kappa shape index (κ3) is 3.21. The largest absolute Gasteiger partial charge is 0.329 e. The van der Waals surface area contributed by atoms with Crippen LogP contribution in [-0.2, 0) is 6.67 Å². The second-order valence-electron chi connectivity index (χ2n) is 6.43. The molecule has 1 heterocycles. The van der Waals surface area contributed by atoms with Crippen molar-refractivity contribution in [3.8, 4) is 12.1 Å². The number of carbonyl (C=O) groups excluding carboxylic acids is 1. The van der Waals surface area contributed by atoms with E-state index in [4.69, 9.17) is 5.26 Å². The van der Waals surface area contributed by atoms with E-state index in [0.29, 0.717) is 38.5 Å². The topological polar surface area (TPSA) is 71.1 Å². The van der Waals surface area contributed by atoms with Crippen LogP contribution in [0.3, 0.4) is 0 Å². The van der Waals surface area contributed by atoms with E-state index in [9.17, 15) is 14.4 Å². The molecule has 28 heavy (non-hydrogen) atoms. The van der Waals surface area contributed by atoms with Gasteiger partial charge in [-0.3, -0.25) is 4.90 Å². The number of likely N-dealkylation sites (N-methyl/N-ethyl adjacent to an activating group) is 1. The Kier molecular flexibility index (Phi) is 5.39. The first-order valence-electron chi connectivity index (χ1n) is 8.48. The van der Waals surface area contributed by atoms with E-state index in [-0.39, 0.29) is 6.03 Å². The Morgan fingerprint density at radius 3 is 2.54 bits per heavy atom. The molecule has 5 nitrogen and oxygen atoms in total. The summed E-state index contributed by atoms with van der Waals surface area (Å²) >= 11 is 4.45. The highest BCUT2D eigenvalue weighted by Gasteiger charge is 2.38. The molecule has 2 aromatic carbocycles. The number of nitriles is 2. The van der Waals surface area contributed by atoms with Crippen molar-refractivity contribution in [1.82, 2.24) is 4.90 Å². The molecule has 0 aromatic heterocycles. The SMILES string of the molecule is CC1=C(C#N)[C@@H](c2ccc(C#N)cc2S)N(C)C(=O)N1c1cccc(CF)c1. The Morgan fingerprint density at radius 1 is 1.18 bits per heavy atom. The summed E-state index contributed by atoms with van der Waals surface area (Å²) in [6.07, 6.45) is 0. The highest BCUT2D eigenvalue weighted by molar-refractivity contribution is 7.80. The number of thiol groups is 1. The predicted octanol–water partition coefficient (Wildman–Crippen LogP) is 4.73. The Morgan fingerprint density at radius 2 is 1.93 bits per heavy atom. The van der Waals surface area contributed by atoms with Gasteiger partial charge in [-0.2, -0.15) is 10.5 Å². The van der Waals surface area contributed by atoms with Crippen molar-refractivity contribution >= 4 is 24.3 Å². The van der Waals surface area contributed by atoms with Gasteiger partial charge in [-0.05, 0) is 42.3 Å². The molecule has 0 saturated heterocycles. The highest BCUT2D eigenvalue weighted by Crippen LogP contribution is 2.40. The van der Waals surface area contributed by atoms with Crippen LogP contribution in [0.25, 0.3) is 0 Å². The number of halogens is 1. The minimum absolute atomic E-state index is 0.338. The van der Waals surface area contributed by atoms with Crippen molar-refractivity contribution in [3.05, 3.63) is 70.4 Å². The number of benzene rings is 2. The number of allylic oxidation sites excluding steroid dienone is 1. The molecule has 3 rings (SSSR count). The average molecular weight is 392 g/mol. The molecule has 1 aliphatic heterocycles. The van der Waals surface area contributed by atoms with Gasteiger partial charge in [0.2, 0.25) is 0 Å². The zero-order valence-corrected chi connectivity index (χ0v) is 16.2. The van der Waals surface area contributed by atoms with Crippen molar-refractivity contribution < 1.29 is 9.18 Å². The van der Waals surface area contributed by atoms with Gasteiger partial charge in [0, 0.05) is 17.6 Å². The fourth-order valence-corrected chi connectivity index (χ4v) is 3.69. The van der Waals surface area contributed by atoms with Crippen LogP contribution in [-0.4, -0.2) is 18.0 Å². The van der Waals surface area contributed by atoms with Crippen LogP contribution in [0.15, 0.2) is 58.6 Å². The maximum atomic E-state index is 13.2. The highest BCUT2D eigenvalue weighted by atomic mass is 32.1. The molecule has 7 heteroatoms. The molecule has 0 unspecified atom stereocenters. The van der Waals surface area contributed by atoms with Crippen molar-refractivity contribution in [2.75, 3.05) is 11.9 Å². The predicted molar refractivity (Wildman–Crippen MR) is 106 cm³/mol. The Hall–Kier alpha value is -3.29. The number of nitrogens with zero attached hydrogens (tertiary/aromatic N) is 4. The van der Waals surface area contributed by atoms with Crippen molar-refractivity contribution in [2.24, 2.45) is 0 Å². The first-order chi connectivity index (χ1) is 13.4. The monoisotopic (exact) mass is 392 g/mol. The summed E-state index contributed by atoms with van der Waals surface area (Å²) < 4.78 is 13.1. The summed E-state index contributed by atoms with van der Waals surface area (Å²) in [4.78, 5) is 16.5. The Labute approximate surface area is 168 Å². The zero-order valence-electron chi connectivity index (χ0n) is 15.3. The second-order valence-corrected chi connectivity index (χ2v) is 6.91. The lowest BCUT2D eigenvalue weighted by Gasteiger charge is -2.40. The van der Waals surface area contributed by atoms with Gasteiger partial charge < -0.3 is 4.90 Å². The molecule has 1 atom stereocenters. The molecule has 0 aliphatic carbocycles. The molecule has 0 spiro atoms. The van der Waals surface area contributed by atoms with Crippen LogP contribution < -0.4 is 4.90 Å². The quantitative estimate of drug-likeness (QED) is 0.768. The number of hydrogen-bond donors (Lipinski definition) is 1. The zero-order chi connectivity index (χ0) is 20.4. The van der Waals surface area contributed by atoms with Gasteiger partial charge in [0.15, 0.2) is 0 Å². The normalized spacial score (nSPS) is 16.8. The fourth-order valence-electron chi connectivity index (χ4n) is 3.36. The molecular weight excluding hydrogens is 375 g/mol. The van der Waals surface area contributed by atoms with Gasteiger partial charge in [0.05, 0.1) is 35.0 Å². The summed E-state index contributed by atoms with van der Waals surface area (Å²) in [5.74, 6) is 0. The summed E-state index contributed by atoms with van der Waals surface area (Å²) in [5.41, 5.74) is 2.91. The van der Waals surface area contributed by atoms with Crippen LogP contribution in [0.1, 0.15) is 29.7 Å². The number of anilines is 1. The van der Waals surface area contributed by atoms with Crippen LogP contribution in [0.4, 0.5) is 14.9 Å². The van der Waals surface area contributed by atoms with Gasteiger partial charge in [-0.15, -0.1) is 12.6 Å². The number of hydrogen-bond acceptors (Lipinski definition) is 4. The van der Waals surface area contributed by atoms with Gasteiger partial charge in [0.1, 0.15) is 6.67 Å². The molecule has 2 aromatic rings. The standard InChI is InChI=1S/C21H17FN4OS/c1-13-18(12-24)20(17-7-6-15(11-23)9-19(17)28)25(2)21(27)26(13)16-5-3-4-14(8-16)10-22/h3-9,20,28H,10H2,1-2H3/t20-/m1/s1. The Bertz CT molecular complexity index is 1070. The lowest BCUT2D eigenvalue weighted by Crippen LogP contribution is -2.47. The van der Waals surface area contributed by atoms with Gasteiger partial charge in [0.25, 0.3) is 0 Å². The summed E-state index contributed by atoms with van der Waals surface area (Å²) in [6, 6.07) is 14.9. The lowest BCUT2D eigenvalue weighted by atomic mass is 9.93. The minimum atomic E-state index is -0.642. The van der Waals surface area contributed by atoms with Gasteiger partial charge in [-0.25, -0.2) is 9.18 Å². The van der Waals surface area contributed by atoms with E-state index < -0.39 is 12.7 Å². The maximum Gasteiger partial charge on any atom is 0.329 e. The van der Waals surface area contributed by atoms with E-state index in [1.54, 1.807) is 56.4 Å². The van der Waals surface area contributed by atoms with Crippen LogP contribution >= 0.6 is 12.6 Å². The Balaban J connectivity index is 2.16. The average Bonchev–Trinajstić information content (AvgIpc) is 2.71. The van der Waals surface area contributed by atoms with Crippen LogP contribution in [0, 0.1) is 22.7 Å². The van der Waals surface area contributed by atoms with Crippen molar-refractivity contribution in [3.63, 3.8) is 0 Å². The fraction of sp³-hybridized carbons (Fsp3) is 0.190. The molecule has 1 aliphatic rings. The van der Waals surface area contributed by atoms with Crippen LogP contribution in [0.2, 0.25) is 0 Å². The molecule has 2 amide bonds. The van der Waals surface area contributed by atoms with E-state index in [0.717, 1.165) is 0 Å². The second kappa shape index (κ2) is 7.75. The molecule has 0 fully saturated rings. The molecule has 140 valence electrons.